The quantitative estimate of drug-likeness (QED) is 0.765. The first-order valence-electron chi connectivity index (χ1n) is 4.45. The normalized spacial score (nSPS) is 17.1. The highest BCUT2D eigenvalue weighted by Gasteiger charge is 2.16. The molecule has 0 aromatic heterocycles. The lowest BCUT2D eigenvalue weighted by Crippen LogP contribution is -2.06. The fourth-order valence-electron chi connectivity index (χ4n) is 1.79. The van der Waals surface area contributed by atoms with Crippen LogP contribution >= 0.6 is 15.9 Å². The van der Waals surface area contributed by atoms with E-state index in [1.54, 1.807) is 0 Å². The van der Waals surface area contributed by atoms with Gasteiger partial charge in [-0.05, 0) is 41.7 Å². The lowest BCUT2D eigenvalue weighted by molar-refractivity contribution is -0.113. The first kappa shape index (κ1) is 9.46. The summed E-state index contributed by atoms with van der Waals surface area (Å²) >= 11 is 3.42. The number of carbonyl (C=O) groups is 1. The van der Waals surface area contributed by atoms with Gasteiger partial charge >= 0.3 is 0 Å². The third kappa shape index (κ3) is 1.73. The van der Waals surface area contributed by atoms with E-state index in [0.29, 0.717) is 0 Å². The van der Waals surface area contributed by atoms with E-state index in [9.17, 15) is 4.79 Å². The molecule has 2 N–H and O–H groups in total. The third-order valence-corrected chi connectivity index (χ3v) is 2.89. The van der Waals surface area contributed by atoms with E-state index in [2.05, 4.69) is 22.0 Å². The summed E-state index contributed by atoms with van der Waals surface area (Å²) in [5.74, 6) is -0.368. The maximum Gasteiger partial charge on any atom is 0.241 e. The van der Waals surface area contributed by atoms with Gasteiger partial charge in [0.05, 0.1) is 0 Å². The number of aryl methyl sites for hydroxylation is 1. The van der Waals surface area contributed by atoms with Gasteiger partial charge in [0.2, 0.25) is 5.91 Å². The van der Waals surface area contributed by atoms with E-state index in [4.69, 9.17) is 5.73 Å². The van der Waals surface area contributed by atoms with E-state index in [0.717, 1.165) is 28.5 Å². The Bertz CT molecular complexity index is 423. The summed E-state index contributed by atoms with van der Waals surface area (Å²) < 4.78 is 1.04. The fourth-order valence-corrected chi connectivity index (χ4v) is 2.15. The van der Waals surface area contributed by atoms with Gasteiger partial charge in [0.25, 0.3) is 0 Å². The van der Waals surface area contributed by atoms with Gasteiger partial charge in [-0.3, -0.25) is 4.79 Å². The van der Waals surface area contributed by atoms with Crippen LogP contribution in [0.3, 0.4) is 0 Å². The van der Waals surface area contributed by atoms with Gasteiger partial charge in [0, 0.05) is 10.5 Å². The number of amides is 1. The molecule has 72 valence electrons. The summed E-state index contributed by atoms with van der Waals surface area (Å²) in [5.41, 5.74) is 8.63. The van der Waals surface area contributed by atoms with Gasteiger partial charge in [0.1, 0.15) is 0 Å². The molecule has 1 aliphatic rings. The second-order valence-corrected chi connectivity index (χ2v) is 4.29. The van der Waals surface area contributed by atoms with E-state index in [1.807, 2.05) is 12.1 Å². The lowest BCUT2D eigenvalue weighted by Gasteiger charge is -2.00. The highest BCUT2D eigenvalue weighted by molar-refractivity contribution is 9.10. The van der Waals surface area contributed by atoms with Crippen molar-refractivity contribution in [1.29, 1.82) is 0 Å². The number of halogens is 1. The smallest absolute Gasteiger partial charge is 0.241 e. The van der Waals surface area contributed by atoms with Gasteiger partial charge in [-0.15, -0.1) is 0 Å². The number of benzene rings is 1. The van der Waals surface area contributed by atoms with Crippen molar-refractivity contribution in [3.8, 4) is 0 Å². The van der Waals surface area contributed by atoms with Crippen LogP contribution in [0.2, 0.25) is 0 Å². The predicted molar refractivity (Wildman–Crippen MR) is 59.6 cm³/mol. The van der Waals surface area contributed by atoms with Crippen molar-refractivity contribution in [1.82, 2.24) is 0 Å². The summed E-state index contributed by atoms with van der Waals surface area (Å²) in [6, 6.07) is 6.14. The topological polar surface area (TPSA) is 43.1 Å². The van der Waals surface area contributed by atoms with E-state index < -0.39 is 0 Å². The van der Waals surface area contributed by atoms with E-state index in [-0.39, 0.29) is 5.91 Å². The number of hydrogen-bond donors (Lipinski definition) is 1. The van der Waals surface area contributed by atoms with Gasteiger partial charge in [-0.1, -0.05) is 22.0 Å². The minimum atomic E-state index is -0.368. The maximum absolute atomic E-state index is 10.8. The van der Waals surface area contributed by atoms with E-state index in [1.165, 1.54) is 11.6 Å². The van der Waals surface area contributed by atoms with Crippen molar-refractivity contribution in [3.63, 3.8) is 0 Å². The summed E-state index contributed by atoms with van der Waals surface area (Å²) in [6.07, 6.45) is 3.44. The SMILES string of the molecule is NC(=O)/C=C1/CCc2ccc(Br)cc21. The highest BCUT2D eigenvalue weighted by Crippen LogP contribution is 2.33. The first-order chi connectivity index (χ1) is 6.66. The summed E-state index contributed by atoms with van der Waals surface area (Å²) in [6.45, 7) is 0. The van der Waals surface area contributed by atoms with Crippen molar-refractivity contribution in [2.75, 3.05) is 0 Å². The molecular formula is C11H10BrNO. The number of nitrogens with two attached hydrogens (primary N) is 1. The molecule has 0 fully saturated rings. The summed E-state index contributed by atoms with van der Waals surface area (Å²) in [5, 5.41) is 0. The molecule has 0 unspecified atom stereocenters. The Kier molecular flexibility index (Phi) is 2.42. The zero-order valence-electron chi connectivity index (χ0n) is 7.59. The van der Waals surface area contributed by atoms with Crippen molar-refractivity contribution in [2.45, 2.75) is 12.8 Å². The first-order valence-corrected chi connectivity index (χ1v) is 5.25. The monoisotopic (exact) mass is 251 g/mol. The number of fused-ring (bicyclic) bond motifs is 1. The molecule has 1 aliphatic carbocycles. The highest BCUT2D eigenvalue weighted by atomic mass is 79.9. The Morgan fingerprint density at radius 3 is 2.93 bits per heavy atom. The van der Waals surface area contributed by atoms with Crippen LogP contribution in [0.4, 0.5) is 0 Å². The van der Waals surface area contributed by atoms with Gasteiger partial charge < -0.3 is 5.73 Å². The second-order valence-electron chi connectivity index (χ2n) is 3.37. The lowest BCUT2D eigenvalue weighted by atomic mass is 10.1. The molecule has 0 saturated carbocycles. The maximum atomic E-state index is 10.8. The molecule has 2 nitrogen and oxygen atoms in total. The zero-order valence-corrected chi connectivity index (χ0v) is 9.17. The Labute approximate surface area is 90.9 Å². The molecule has 3 heteroatoms. The molecule has 0 bridgehead atoms. The number of primary amides is 1. The Balaban J connectivity index is 2.48. The van der Waals surface area contributed by atoms with Crippen molar-refractivity contribution in [2.24, 2.45) is 5.73 Å². The van der Waals surface area contributed by atoms with Crippen LogP contribution in [-0.2, 0) is 11.2 Å². The Morgan fingerprint density at radius 2 is 2.21 bits per heavy atom. The van der Waals surface area contributed by atoms with Crippen LogP contribution in [-0.4, -0.2) is 5.91 Å². The molecule has 2 rings (SSSR count). The third-order valence-electron chi connectivity index (χ3n) is 2.40. The van der Waals surface area contributed by atoms with Crippen LogP contribution in [0, 0.1) is 0 Å². The van der Waals surface area contributed by atoms with Crippen molar-refractivity contribution in [3.05, 3.63) is 39.9 Å². The number of allylic oxidation sites excluding steroid dienone is 1. The zero-order chi connectivity index (χ0) is 10.1. The molecule has 1 aromatic rings. The molecule has 14 heavy (non-hydrogen) atoms. The molecule has 0 atom stereocenters. The molecule has 1 amide bonds. The van der Waals surface area contributed by atoms with Crippen molar-refractivity contribution < 1.29 is 4.79 Å². The number of rotatable bonds is 1. The van der Waals surface area contributed by atoms with Crippen LogP contribution in [0.5, 0.6) is 0 Å². The minimum Gasteiger partial charge on any atom is -0.366 e. The minimum absolute atomic E-state index is 0.368. The molecule has 0 aliphatic heterocycles. The Morgan fingerprint density at radius 1 is 1.43 bits per heavy atom. The summed E-state index contributed by atoms with van der Waals surface area (Å²) in [7, 11) is 0. The molecule has 0 saturated heterocycles. The van der Waals surface area contributed by atoms with Crippen LogP contribution in [0.25, 0.3) is 5.57 Å². The molecular weight excluding hydrogens is 242 g/mol. The van der Waals surface area contributed by atoms with Crippen LogP contribution in [0.15, 0.2) is 28.7 Å². The second kappa shape index (κ2) is 3.58. The molecule has 0 heterocycles. The largest absolute Gasteiger partial charge is 0.366 e. The number of carbonyl (C=O) groups excluding carboxylic acids is 1. The Hall–Kier alpha value is -1.09. The van der Waals surface area contributed by atoms with Crippen LogP contribution in [0.1, 0.15) is 17.5 Å². The fraction of sp³-hybridized carbons (Fsp3) is 0.182. The number of hydrogen-bond acceptors (Lipinski definition) is 1. The van der Waals surface area contributed by atoms with E-state index >= 15 is 0 Å². The molecule has 0 spiro atoms. The van der Waals surface area contributed by atoms with Gasteiger partial charge in [-0.2, -0.15) is 0 Å². The van der Waals surface area contributed by atoms with Gasteiger partial charge in [0.15, 0.2) is 0 Å². The predicted octanol–water partition coefficient (Wildman–Crippen LogP) is 2.26. The van der Waals surface area contributed by atoms with Gasteiger partial charge in [-0.25, -0.2) is 0 Å². The summed E-state index contributed by atoms with van der Waals surface area (Å²) in [4.78, 5) is 10.8. The van der Waals surface area contributed by atoms with Crippen molar-refractivity contribution >= 4 is 27.4 Å². The standard InChI is InChI=1S/C11H10BrNO/c12-9-4-3-7-1-2-8(5-11(13)14)10(7)6-9/h3-6H,1-2H2,(H2,13,14)/b8-5-. The average molecular weight is 252 g/mol. The molecule has 1 aromatic carbocycles. The molecule has 0 radical (unpaired) electrons. The van der Waals surface area contributed by atoms with Crippen LogP contribution < -0.4 is 5.73 Å². The average Bonchev–Trinajstić information content (AvgIpc) is 2.47.